The molecule has 1 N–H and O–H groups in total. The van der Waals surface area contributed by atoms with Gasteiger partial charge in [-0.3, -0.25) is 0 Å². The topological polar surface area (TPSA) is 21.3 Å². The smallest absolute Gasteiger partial charge is 0.0693 e. The number of hydrogen-bond acceptors (Lipinski definition) is 2. The molecule has 0 saturated carbocycles. The van der Waals surface area contributed by atoms with E-state index in [1.165, 1.54) is 5.56 Å². The second kappa shape index (κ2) is 5.89. The van der Waals surface area contributed by atoms with E-state index in [2.05, 4.69) is 50.4 Å². The Kier molecular flexibility index (Phi) is 4.79. The molecule has 0 aliphatic rings. The maximum atomic E-state index is 5.29. The highest BCUT2D eigenvalue weighted by Gasteiger charge is 2.14. The van der Waals surface area contributed by atoms with Gasteiger partial charge in [0.05, 0.1) is 6.10 Å². The van der Waals surface area contributed by atoms with Gasteiger partial charge >= 0.3 is 0 Å². The average molecular weight is 207 g/mol. The fraction of sp³-hybridized carbons (Fsp3) is 0.538. The van der Waals surface area contributed by atoms with Crippen LogP contribution in [0.25, 0.3) is 0 Å². The molecule has 0 aliphatic heterocycles. The maximum Gasteiger partial charge on any atom is 0.0693 e. The fourth-order valence-corrected chi connectivity index (χ4v) is 1.57. The summed E-state index contributed by atoms with van der Waals surface area (Å²) >= 11 is 0. The molecule has 0 saturated heterocycles. The summed E-state index contributed by atoms with van der Waals surface area (Å²) in [4.78, 5) is 0. The van der Waals surface area contributed by atoms with Crippen molar-refractivity contribution < 1.29 is 4.74 Å². The van der Waals surface area contributed by atoms with E-state index in [1.54, 1.807) is 7.11 Å². The van der Waals surface area contributed by atoms with Crippen LogP contribution in [0.5, 0.6) is 0 Å². The van der Waals surface area contributed by atoms with Crippen LogP contribution in [0.3, 0.4) is 0 Å². The number of methoxy groups -OCH3 is 1. The zero-order valence-corrected chi connectivity index (χ0v) is 10.0. The van der Waals surface area contributed by atoms with Gasteiger partial charge in [0.1, 0.15) is 0 Å². The van der Waals surface area contributed by atoms with Crippen LogP contribution in [0.1, 0.15) is 32.4 Å². The zero-order chi connectivity index (χ0) is 11.3. The number of nitrogens with one attached hydrogen (secondary N) is 1. The predicted octanol–water partition coefficient (Wildman–Crippen LogP) is 2.76. The molecular formula is C13H21NO. The molecule has 2 heteroatoms. The summed E-state index contributed by atoms with van der Waals surface area (Å²) in [6.45, 7) is 6.40. The van der Waals surface area contributed by atoms with Gasteiger partial charge in [0.2, 0.25) is 0 Å². The molecule has 0 heterocycles. The summed E-state index contributed by atoms with van der Waals surface area (Å²) in [6.07, 6.45) is 0.233. The first-order chi connectivity index (χ1) is 7.15. The Labute approximate surface area is 92.6 Å². The molecule has 1 aromatic rings. The second-order valence-electron chi connectivity index (χ2n) is 4.03. The Morgan fingerprint density at radius 2 is 1.67 bits per heavy atom. The second-order valence-corrected chi connectivity index (χ2v) is 4.03. The molecule has 3 atom stereocenters. The molecule has 0 radical (unpaired) electrons. The molecule has 0 spiro atoms. The van der Waals surface area contributed by atoms with Gasteiger partial charge in [0.15, 0.2) is 0 Å². The van der Waals surface area contributed by atoms with E-state index in [0.29, 0.717) is 12.1 Å². The van der Waals surface area contributed by atoms with Gasteiger partial charge in [-0.15, -0.1) is 0 Å². The zero-order valence-electron chi connectivity index (χ0n) is 10.0. The fourth-order valence-electron chi connectivity index (χ4n) is 1.57. The predicted molar refractivity (Wildman–Crippen MR) is 63.9 cm³/mol. The molecule has 3 unspecified atom stereocenters. The van der Waals surface area contributed by atoms with Crippen molar-refractivity contribution in [3.05, 3.63) is 35.9 Å². The Hall–Kier alpha value is -0.860. The first-order valence-electron chi connectivity index (χ1n) is 5.49. The number of benzene rings is 1. The first-order valence-corrected chi connectivity index (χ1v) is 5.49. The van der Waals surface area contributed by atoms with Crippen molar-refractivity contribution in [1.82, 2.24) is 5.32 Å². The summed E-state index contributed by atoms with van der Waals surface area (Å²) in [5.74, 6) is 0. The van der Waals surface area contributed by atoms with Crippen LogP contribution in [0.15, 0.2) is 30.3 Å². The van der Waals surface area contributed by atoms with Crippen LogP contribution < -0.4 is 5.32 Å². The largest absolute Gasteiger partial charge is 0.380 e. The molecule has 2 nitrogen and oxygen atoms in total. The molecule has 84 valence electrons. The van der Waals surface area contributed by atoms with Gasteiger partial charge in [-0.25, -0.2) is 0 Å². The molecule has 0 aliphatic carbocycles. The molecule has 0 bridgehead atoms. The lowest BCUT2D eigenvalue weighted by Gasteiger charge is -2.24. The molecule has 0 fully saturated rings. The van der Waals surface area contributed by atoms with Crippen molar-refractivity contribution in [2.75, 3.05) is 7.11 Å². The lowest BCUT2D eigenvalue weighted by atomic mass is 10.1. The minimum Gasteiger partial charge on any atom is -0.380 e. The molecule has 15 heavy (non-hydrogen) atoms. The van der Waals surface area contributed by atoms with Gasteiger partial charge in [-0.2, -0.15) is 0 Å². The Balaban J connectivity index is 2.52. The highest BCUT2D eigenvalue weighted by atomic mass is 16.5. The van der Waals surface area contributed by atoms with Crippen molar-refractivity contribution in [1.29, 1.82) is 0 Å². The van der Waals surface area contributed by atoms with Crippen LogP contribution in [0, 0.1) is 0 Å². The van der Waals surface area contributed by atoms with E-state index < -0.39 is 0 Å². The Morgan fingerprint density at radius 3 is 2.20 bits per heavy atom. The SMILES string of the molecule is COC(C)C(C)NC(C)c1ccccc1. The van der Waals surface area contributed by atoms with E-state index in [-0.39, 0.29) is 6.10 Å². The van der Waals surface area contributed by atoms with Crippen LogP contribution in [-0.4, -0.2) is 19.3 Å². The first kappa shape index (κ1) is 12.2. The van der Waals surface area contributed by atoms with Gasteiger partial charge in [0, 0.05) is 19.2 Å². The lowest BCUT2D eigenvalue weighted by Crippen LogP contribution is -2.38. The molecule has 0 amide bonds. The molecule has 0 aromatic heterocycles. The summed E-state index contributed by atoms with van der Waals surface area (Å²) in [5.41, 5.74) is 1.31. The van der Waals surface area contributed by atoms with E-state index in [4.69, 9.17) is 4.74 Å². The van der Waals surface area contributed by atoms with Crippen molar-refractivity contribution in [2.45, 2.75) is 39.0 Å². The van der Waals surface area contributed by atoms with Crippen molar-refractivity contribution in [3.63, 3.8) is 0 Å². The highest BCUT2D eigenvalue weighted by molar-refractivity contribution is 5.18. The maximum absolute atomic E-state index is 5.29. The number of hydrogen-bond donors (Lipinski definition) is 1. The molecule has 1 aromatic carbocycles. The average Bonchev–Trinajstić information content (AvgIpc) is 2.29. The number of rotatable bonds is 5. The van der Waals surface area contributed by atoms with Crippen molar-refractivity contribution >= 4 is 0 Å². The van der Waals surface area contributed by atoms with Gasteiger partial charge < -0.3 is 10.1 Å². The summed E-state index contributed by atoms with van der Waals surface area (Å²) in [6, 6.07) is 11.2. The normalized spacial score (nSPS) is 17.1. The lowest BCUT2D eigenvalue weighted by molar-refractivity contribution is 0.0852. The van der Waals surface area contributed by atoms with Crippen LogP contribution in [0.2, 0.25) is 0 Å². The van der Waals surface area contributed by atoms with E-state index in [1.807, 2.05) is 6.07 Å². The summed E-state index contributed by atoms with van der Waals surface area (Å²) < 4.78 is 5.29. The Morgan fingerprint density at radius 1 is 1.07 bits per heavy atom. The third kappa shape index (κ3) is 3.65. The highest BCUT2D eigenvalue weighted by Crippen LogP contribution is 2.13. The van der Waals surface area contributed by atoms with Crippen LogP contribution in [-0.2, 0) is 4.74 Å². The minimum atomic E-state index is 0.233. The van der Waals surface area contributed by atoms with Gasteiger partial charge in [0.25, 0.3) is 0 Å². The third-order valence-corrected chi connectivity index (χ3v) is 2.89. The van der Waals surface area contributed by atoms with Crippen molar-refractivity contribution in [3.8, 4) is 0 Å². The Bertz CT molecular complexity index is 273. The number of ether oxygens (including phenoxy) is 1. The van der Waals surface area contributed by atoms with E-state index in [0.717, 1.165) is 0 Å². The molecular weight excluding hydrogens is 186 g/mol. The van der Waals surface area contributed by atoms with E-state index in [9.17, 15) is 0 Å². The quantitative estimate of drug-likeness (QED) is 0.801. The van der Waals surface area contributed by atoms with Gasteiger partial charge in [-0.1, -0.05) is 30.3 Å². The molecule has 1 rings (SSSR count). The van der Waals surface area contributed by atoms with Crippen LogP contribution in [0.4, 0.5) is 0 Å². The van der Waals surface area contributed by atoms with Crippen molar-refractivity contribution in [2.24, 2.45) is 0 Å². The standard InChI is InChI=1S/C13H21NO/c1-10(12(3)15-4)14-11(2)13-8-6-5-7-9-13/h5-12,14H,1-4H3. The third-order valence-electron chi connectivity index (χ3n) is 2.89. The monoisotopic (exact) mass is 207 g/mol. The minimum absolute atomic E-state index is 0.233. The van der Waals surface area contributed by atoms with Crippen LogP contribution >= 0.6 is 0 Å². The summed E-state index contributed by atoms with van der Waals surface area (Å²) in [7, 11) is 1.75. The van der Waals surface area contributed by atoms with E-state index >= 15 is 0 Å². The summed E-state index contributed by atoms with van der Waals surface area (Å²) in [5, 5.41) is 3.52. The van der Waals surface area contributed by atoms with Gasteiger partial charge in [-0.05, 0) is 26.3 Å².